The third kappa shape index (κ3) is 4.15. The fourth-order valence-corrected chi connectivity index (χ4v) is 3.67. The van der Waals surface area contributed by atoms with Gasteiger partial charge in [-0.1, -0.05) is 23.5 Å². The monoisotopic (exact) mass is 393 g/mol. The number of guanidine groups is 1. The molecular formula is C14H15N7O3S2. The summed E-state index contributed by atoms with van der Waals surface area (Å²) in [7, 11) is -3.92. The molecule has 1 aromatic carbocycles. The van der Waals surface area contributed by atoms with Crippen molar-refractivity contribution >= 4 is 50.1 Å². The molecule has 1 aromatic heterocycles. The van der Waals surface area contributed by atoms with Gasteiger partial charge in [-0.15, -0.1) is 8.80 Å². The number of nitrogens with two attached hydrogens (primary N) is 1. The van der Waals surface area contributed by atoms with Crippen molar-refractivity contribution in [2.45, 2.75) is 6.92 Å². The average molecular weight is 393 g/mol. The Bertz CT molecular complexity index is 1010. The van der Waals surface area contributed by atoms with Gasteiger partial charge in [-0.25, -0.2) is 4.98 Å². The second kappa shape index (κ2) is 7.09. The molecule has 5 N–H and O–H groups in total. The Morgan fingerprint density at radius 3 is 2.92 bits per heavy atom. The maximum atomic E-state index is 11.6. The molecule has 0 amide bonds. The number of nitrogens with zero attached hydrogens (tertiary/aromatic N) is 3. The third-order valence-corrected chi connectivity index (χ3v) is 4.82. The topological polar surface area (TPSA) is 155 Å². The number of nitrogens with one attached hydrogen (secondary N) is 3. The summed E-state index contributed by atoms with van der Waals surface area (Å²) < 4.78 is 35.3. The van der Waals surface area contributed by atoms with Crippen molar-refractivity contribution in [1.29, 1.82) is 5.41 Å². The molecule has 0 saturated carbocycles. The molecular weight excluding hydrogens is 378 g/mol. The minimum absolute atomic E-state index is 0.0345. The number of anilines is 2. The van der Waals surface area contributed by atoms with Crippen molar-refractivity contribution in [2.75, 3.05) is 17.2 Å². The Morgan fingerprint density at radius 1 is 1.38 bits per heavy atom. The van der Waals surface area contributed by atoms with Crippen LogP contribution in [0.15, 0.2) is 39.3 Å². The van der Waals surface area contributed by atoms with Crippen LogP contribution in [0.5, 0.6) is 0 Å². The van der Waals surface area contributed by atoms with Gasteiger partial charge in [0.05, 0.1) is 11.5 Å². The standard InChI is InChI=1S/C14H15N7O3S2/c1-2-24-12-11(20-26(22,23)21-12)18-9-5-3-4-8(6-9)10-7-17-14(25-10)19-13(15)16/h3-7H,2H2,1H3,(H,18,20)(H4,15,16,17,19). The van der Waals surface area contributed by atoms with Gasteiger partial charge in [-0.3, -0.25) is 5.41 Å². The SMILES string of the molecule is CCOC1=NS(=O)(=O)N=C1Nc1cccc(-c2cnc(NC(=N)N)s2)c1. The molecule has 1 aliphatic heterocycles. The molecule has 136 valence electrons. The molecule has 0 spiro atoms. The van der Waals surface area contributed by atoms with Crippen LogP contribution in [0.2, 0.25) is 0 Å². The molecule has 12 heteroatoms. The average Bonchev–Trinajstić information content (AvgIpc) is 3.12. The van der Waals surface area contributed by atoms with E-state index in [9.17, 15) is 8.42 Å². The summed E-state index contributed by atoms with van der Waals surface area (Å²) in [6, 6.07) is 7.25. The van der Waals surface area contributed by atoms with Crippen LogP contribution < -0.4 is 16.4 Å². The van der Waals surface area contributed by atoms with Gasteiger partial charge < -0.3 is 21.1 Å². The Balaban J connectivity index is 1.83. The zero-order valence-corrected chi connectivity index (χ0v) is 15.2. The number of hydrogen-bond acceptors (Lipinski definition) is 7. The summed E-state index contributed by atoms with van der Waals surface area (Å²) in [5, 5.41) is 13.3. The van der Waals surface area contributed by atoms with E-state index in [4.69, 9.17) is 15.9 Å². The highest BCUT2D eigenvalue weighted by Crippen LogP contribution is 2.30. The lowest BCUT2D eigenvalue weighted by Crippen LogP contribution is -2.23. The van der Waals surface area contributed by atoms with Gasteiger partial charge in [0.2, 0.25) is 5.84 Å². The van der Waals surface area contributed by atoms with Gasteiger partial charge in [-0.2, -0.15) is 8.42 Å². The van der Waals surface area contributed by atoms with Gasteiger partial charge in [0.15, 0.2) is 11.1 Å². The predicted octanol–water partition coefficient (Wildman–Crippen LogP) is 1.62. The molecule has 2 aromatic rings. The molecule has 0 bridgehead atoms. The molecule has 2 heterocycles. The number of thiazole rings is 1. The summed E-state index contributed by atoms with van der Waals surface area (Å²) in [5.74, 6) is -0.222. The zero-order chi connectivity index (χ0) is 18.7. The van der Waals surface area contributed by atoms with Crippen LogP contribution >= 0.6 is 11.3 Å². The van der Waals surface area contributed by atoms with Crippen LogP contribution in [0.4, 0.5) is 10.8 Å². The number of benzene rings is 1. The Hall–Kier alpha value is -2.99. The van der Waals surface area contributed by atoms with Gasteiger partial charge >= 0.3 is 10.2 Å². The molecule has 0 unspecified atom stereocenters. The van der Waals surface area contributed by atoms with Gasteiger partial charge in [-0.05, 0) is 24.6 Å². The van der Waals surface area contributed by atoms with Crippen molar-refractivity contribution in [2.24, 2.45) is 14.5 Å². The van der Waals surface area contributed by atoms with Crippen molar-refractivity contribution in [3.63, 3.8) is 0 Å². The van der Waals surface area contributed by atoms with Gasteiger partial charge in [0.1, 0.15) is 0 Å². The van der Waals surface area contributed by atoms with Crippen molar-refractivity contribution in [3.8, 4) is 10.4 Å². The van der Waals surface area contributed by atoms with E-state index in [0.717, 1.165) is 10.4 Å². The second-order valence-corrected chi connectivity index (χ2v) is 7.28. The van der Waals surface area contributed by atoms with Crippen LogP contribution in [0.1, 0.15) is 6.92 Å². The molecule has 0 atom stereocenters. The van der Waals surface area contributed by atoms with Crippen LogP contribution in [-0.4, -0.2) is 37.7 Å². The Labute approximate surface area is 153 Å². The van der Waals surface area contributed by atoms with E-state index in [0.29, 0.717) is 10.8 Å². The van der Waals surface area contributed by atoms with E-state index in [1.807, 2.05) is 12.1 Å². The summed E-state index contributed by atoms with van der Waals surface area (Å²) in [5.41, 5.74) is 6.75. The summed E-state index contributed by atoms with van der Waals surface area (Å²) in [6.45, 7) is 1.99. The highest BCUT2D eigenvalue weighted by atomic mass is 32.2. The molecule has 0 saturated heterocycles. The van der Waals surface area contributed by atoms with E-state index in [2.05, 4.69) is 24.4 Å². The number of rotatable bonds is 4. The lowest BCUT2D eigenvalue weighted by atomic mass is 10.2. The van der Waals surface area contributed by atoms with E-state index < -0.39 is 10.2 Å². The minimum atomic E-state index is -3.92. The molecule has 0 radical (unpaired) electrons. The molecule has 0 aliphatic carbocycles. The third-order valence-electron chi connectivity index (χ3n) is 3.05. The lowest BCUT2D eigenvalue weighted by Gasteiger charge is -2.08. The van der Waals surface area contributed by atoms with Gasteiger partial charge in [0.25, 0.3) is 5.90 Å². The summed E-state index contributed by atoms with van der Waals surface area (Å²) in [6.07, 6.45) is 1.65. The number of aromatic nitrogens is 1. The number of hydrogen-bond donors (Lipinski definition) is 4. The quantitative estimate of drug-likeness (QED) is 0.454. The highest BCUT2D eigenvalue weighted by Gasteiger charge is 2.25. The fourth-order valence-electron chi connectivity index (χ4n) is 2.10. The fraction of sp³-hybridized carbons (Fsp3) is 0.143. The zero-order valence-electron chi connectivity index (χ0n) is 13.6. The first-order chi connectivity index (χ1) is 12.4. The van der Waals surface area contributed by atoms with Crippen molar-refractivity contribution in [3.05, 3.63) is 30.5 Å². The van der Waals surface area contributed by atoms with Crippen LogP contribution in [-0.2, 0) is 14.9 Å². The van der Waals surface area contributed by atoms with Crippen LogP contribution in [0.25, 0.3) is 10.4 Å². The van der Waals surface area contributed by atoms with Gasteiger partial charge in [0, 0.05) is 11.9 Å². The first-order valence-corrected chi connectivity index (χ1v) is 9.60. The minimum Gasteiger partial charge on any atom is -0.475 e. The van der Waals surface area contributed by atoms with E-state index in [-0.39, 0.29) is 24.3 Å². The first-order valence-electron chi connectivity index (χ1n) is 7.38. The van der Waals surface area contributed by atoms with Crippen LogP contribution in [0, 0.1) is 5.41 Å². The maximum absolute atomic E-state index is 11.6. The normalized spacial score (nSPS) is 15.1. The van der Waals surface area contributed by atoms with Crippen LogP contribution in [0.3, 0.4) is 0 Å². The first kappa shape index (κ1) is 17.8. The predicted molar refractivity (Wildman–Crippen MR) is 102 cm³/mol. The molecule has 0 fully saturated rings. The Morgan fingerprint density at radius 2 is 2.19 bits per heavy atom. The highest BCUT2D eigenvalue weighted by molar-refractivity contribution is 7.89. The second-order valence-electron chi connectivity index (χ2n) is 4.99. The van der Waals surface area contributed by atoms with E-state index in [1.54, 1.807) is 25.3 Å². The summed E-state index contributed by atoms with van der Waals surface area (Å²) >= 11 is 1.33. The summed E-state index contributed by atoms with van der Waals surface area (Å²) in [4.78, 5) is 4.99. The van der Waals surface area contributed by atoms with Crippen molar-refractivity contribution < 1.29 is 13.2 Å². The molecule has 26 heavy (non-hydrogen) atoms. The van der Waals surface area contributed by atoms with E-state index in [1.165, 1.54) is 11.3 Å². The maximum Gasteiger partial charge on any atom is 0.368 e. The molecule has 10 nitrogen and oxygen atoms in total. The Kier molecular flexibility index (Phi) is 4.86. The smallest absolute Gasteiger partial charge is 0.368 e. The lowest BCUT2D eigenvalue weighted by molar-refractivity contribution is 0.335. The number of ether oxygens (including phenoxy) is 1. The molecule has 1 aliphatic rings. The van der Waals surface area contributed by atoms with Crippen molar-refractivity contribution in [1.82, 2.24) is 4.98 Å². The molecule has 3 rings (SSSR count). The van der Waals surface area contributed by atoms with E-state index >= 15 is 0 Å². The largest absolute Gasteiger partial charge is 0.475 e. The number of amidine groups is 1.